The zero-order valence-electron chi connectivity index (χ0n) is 44.8. The van der Waals surface area contributed by atoms with Crippen LogP contribution in [0.15, 0.2) is 35.8 Å². The second-order valence-corrected chi connectivity index (χ2v) is 24.7. The molecule has 1 spiro atoms. The van der Waals surface area contributed by atoms with E-state index in [9.17, 15) is 9.59 Å². The van der Waals surface area contributed by atoms with Gasteiger partial charge in [0.05, 0.1) is 72.6 Å². The quantitative estimate of drug-likeness (QED) is 0.147. The lowest BCUT2D eigenvalue weighted by molar-refractivity contribution is -0.232. The van der Waals surface area contributed by atoms with Crippen LogP contribution in [-0.2, 0) is 51.0 Å². The number of cyclic esters (lactones) is 1. The number of nitrogens with one attached hydrogen (secondary N) is 2. The van der Waals surface area contributed by atoms with Crippen molar-refractivity contribution in [1.29, 1.82) is 0 Å². The number of pyridine rings is 1. The summed E-state index contributed by atoms with van der Waals surface area (Å²) in [7, 11) is 1.75. The number of carbonyl (C=O) groups excluding carboxylic acids is 3. The van der Waals surface area contributed by atoms with Crippen molar-refractivity contribution in [3.05, 3.63) is 52.1 Å². The molecule has 7 atom stereocenters. The van der Waals surface area contributed by atoms with Gasteiger partial charge in [-0.25, -0.2) is 10.4 Å². The largest absolute Gasteiger partial charge is 0.464 e. The number of likely N-dealkylation sites (tertiary alicyclic amines) is 1. The summed E-state index contributed by atoms with van der Waals surface area (Å²) in [6.07, 6.45) is 8.82. The van der Waals surface area contributed by atoms with Gasteiger partial charge in [-0.3, -0.25) is 34.2 Å². The average Bonchev–Trinajstić information content (AvgIpc) is 4.29. The van der Waals surface area contributed by atoms with Crippen molar-refractivity contribution in [2.45, 2.75) is 135 Å². The van der Waals surface area contributed by atoms with Crippen LogP contribution in [0.25, 0.3) is 33.4 Å². The molecule has 9 heterocycles. The molecule has 2 saturated carbocycles. The SMILES string of the molecule is CO[C@@H](C)c1ncc(N2CCN(C3CC3)CC2)cc1-c1c2c3cc(ccc3n1CCOC1CCOCC1)-c1csc(n1)[C@@H](N1CC3(CCO3)C1)[C@H](NC(=O)C1[C@@H](C)[C@H]1C)C(=O)N1CCC[C@H](N1)C(=O)OCC(C)(C)C2. The van der Waals surface area contributed by atoms with Gasteiger partial charge in [0.1, 0.15) is 17.1 Å². The Morgan fingerprint density at radius 2 is 1.76 bits per heavy atom. The normalized spacial score (nSPS) is 28.9. The molecule has 0 radical (unpaired) electrons. The standard InChI is InChI=1S/C57H77N9O8S/c1-34-35(2)47(34)52(67)60-49-51(64-31-57(32-64)15-24-74-57)53-59-45(30-75-53)37-9-12-46-41(26-37)43(28-56(4,5)33-73-55(69)44-8-7-16-66(61-44)54(49)68)50(65(46)21-25-72-40-13-22-71-23-14-40)42-27-39(29-58-48(42)36(3)70-6)63-19-17-62(18-20-63)38-10-11-38/h9,12,26-27,29-30,34-36,38,40,44,47,49,51,61H,7-8,10-11,13-25,28,31-33H2,1-6H3,(H,60,67)/t34-,35+,36-,44-,47?,49-,51-/m0/s1. The molecular formula is C57H77N9O8S. The Kier molecular flexibility index (Phi) is 14.1. The fourth-order valence-electron chi connectivity index (χ4n) is 12.9. The smallest absolute Gasteiger partial charge is 0.324 e. The molecule has 404 valence electrons. The molecule has 2 amide bonds. The van der Waals surface area contributed by atoms with E-state index in [2.05, 4.69) is 94.3 Å². The molecule has 7 fully saturated rings. The van der Waals surface area contributed by atoms with Crippen LogP contribution in [0.1, 0.15) is 108 Å². The van der Waals surface area contributed by atoms with Gasteiger partial charge in [0.25, 0.3) is 5.91 Å². The molecule has 1 unspecified atom stereocenters. The maximum absolute atomic E-state index is 15.2. The molecule has 6 aliphatic heterocycles. The van der Waals surface area contributed by atoms with Crippen molar-refractivity contribution < 1.29 is 38.1 Å². The Balaban J connectivity index is 1.00. The predicted molar refractivity (Wildman–Crippen MR) is 286 cm³/mol. The van der Waals surface area contributed by atoms with E-state index in [1.807, 2.05) is 6.20 Å². The Morgan fingerprint density at radius 1 is 0.987 bits per heavy atom. The lowest BCUT2D eigenvalue weighted by Crippen LogP contribution is -2.71. The molecule has 8 aliphatic rings. The van der Waals surface area contributed by atoms with E-state index >= 15 is 4.79 Å². The number of benzene rings is 1. The third kappa shape index (κ3) is 10.2. The maximum atomic E-state index is 15.2. The van der Waals surface area contributed by atoms with Crippen LogP contribution in [0.2, 0.25) is 0 Å². The molecule has 5 saturated heterocycles. The summed E-state index contributed by atoms with van der Waals surface area (Å²) >= 11 is 1.52. The second-order valence-electron chi connectivity index (χ2n) is 23.8. The lowest BCUT2D eigenvalue weighted by atomic mass is 9.83. The summed E-state index contributed by atoms with van der Waals surface area (Å²) in [5.41, 5.74) is 10.5. The average molecular weight is 1050 g/mol. The van der Waals surface area contributed by atoms with Gasteiger partial charge < -0.3 is 38.5 Å². The molecule has 17 nitrogen and oxygen atoms in total. The van der Waals surface area contributed by atoms with Gasteiger partial charge in [-0.15, -0.1) is 11.3 Å². The molecule has 4 aromatic rings. The van der Waals surface area contributed by atoms with Crippen LogP contribution in [0, 0.1) is 23.2 Å². The van der Waals surface area contributed by atoms with Gasteiger partial charge in [0.15, 0.2) is 0 Å². The van der Waals surface area contributed by atoms with Gasteiger partial charge in [-0.2, -0.15) is 0 Å². The number of rotatable bonds is 12. The van der Waals surface area contributed by atoms with E-state index in [4.69, 9.17) is 33.7 Å². The number of fused-ring (bicyclic) bond motifs is 6. The van der Waals surface area contributed by atoms with Crippen LogP contribution in [0.5, 0.6) is 0 Å². The van der Waals surface area contributed by atoms with E-state index in [0.717, 1.165) is 107 Å². The number of amides is 2. The number of thiazole rings is 1. The van der Waals surface area contributed by atoms with Crippen molar-refractivity contribution in [2.24, 2.45) is 23.2 Å². The number of nitrogens with zero attached hydrogens (tertiary/aromatic N) is 7. The highest BCUT2D eigenvalue weighted by Crippen LogP contribution is 2.48. The van der Waals surface area contributed by atoms with Crippen LogP contribution in [0.3, 0.4) is 0 Å². The summed E-state index contributed by atoms with van der Waals surface area (Å²) in [4.78, 5) is 61.9. The van der Waals surface area contributed by atoms with E-state index < -0.39 is 29.5 Å². The fraction of sp³-hybridized carbons (Fsp3) is 0.667. The van der Waals surface area contributed by atoms with Crippen LogP contribution in [-0.4, -0.2) is 163 Å². The fourth-order valence-corrected chi connectivity index (χ4v) is 13.9. The number of piperazine rings is 1. The number of esters is 1. The third-order valence-electron chi connectivity index (χ3n) is 18.1. The summed E-state index contributed by atoms with van der Waals surface area (Å²) < 4.78 is 33.4. The maximum Gasteiger partial charge on any atom is 0.324 e. The first-order chi connectivity index (χ1) is 36.3. The van der Waals surface area contributed by atoms with Gasteiger partial charge in [-0.1, -0.05) is 33.8 Å². The van der Waals surface area contributed by atoms with E-state index in [-0.39, 0.29) is 54.0 Å². The number of hydrogen-bond donors (Lipinski definition) is 2. The predicted octanol–water partition coefficient (Wildman–Crippen LogP) is 6.54. The van der Waals surface area contributed by atoms with Gasteiger partial charge in [-0.05, 0) is 87.5 Å². The number of hydrazine groups is 1. The number of ether oxygens (including phenoxy) is 5. The van der Waals surface area contributed by atoms with Crippen molar-refractivity contribution in [2.75, 3.05) is 90.9 Å². The zero-order chi connectivity index (χ0) is 51.8. The minimum atomic E-state index is -0.974. The molecule has 6 bridgehead atoms. The molecule has 75 heavy (non-hydrogen) atoms. The molecule has 12 rings (SSSR count). The van der Waals surface area contributed by atoms with Crippen LogP contribution >= 0.6 is 11.3 Å². The van der Waals surface area contributed by atoms with Crippen molar-refractivity contribution in [3.8, 4) is 22.5 Å². The molecular weight excluding hydrogens is 971 g/mol. The van der Waals surface area contributed by atoms with Crippen LogP contribution in [0.4, 0.5) is 5.69 Å². The van der Waals surface area contributed by atoms with Gasteiger partial charge >= 0.3 is 5.97 Å². The summed E-state index contributed by atoms with van der Waals surface area (Å²) in [6, 6.07) is 7.44. The van der Waals surface area contributed by atoms with Crippen LogP contribution < -0.4 is 15.6 Å². The monoisotopic (exact) mass is 1050 g/mol. The van der Waals surface area contributed by atoms with E-state index in [1.165, 1.54) is 24.2 Å². The summed E-state index contributed by atoms with van der Waals surface area (Å²) in [5.74, 6) is -0.567. The number of methoxy groups -OCH3 is 1. The Labute approximate surface area is 445 Å². The number of hydrogen-bond acceptors (Lipinski definition) is 15. The highest BCUT2D eigenvalue weighted by molar-refractivity contribution is 7.10. The first-order valence-electron chi connectivity index (χ1n) is 28.0. The van der Waals surface area contributed by atoms with E-state index in [0.29, 0.717) is 71.9 Å². The number of aromatic nitrogens is 3. The minimum Gasteiger partial charge on any atom is -0.464 e. The Morgan fingerprint density at radius 3 is 2.47 bits per heavy atom. The molecule has 2 N–H and O–H groups in total. The highest BCUT2D eigenvalue weighted by Gasteiger charge is 2.56. The second kappa shape index (κ2) is 20.7. The van der Waals surface area contributed by atoms with Crippen molar-refractivity contribution in [1.82, 2.24) is 40.1 Å². The summed E-state index contributed by atoms with van der Waals surface area (Å²) in [6.45, 7) is 19.5. The molecule has 1 aromatic carbocycles. The lowest BCUT2D eigenvalue weighted by Gasteiger charge is -2.58. The Hall–Kier alpha value is -4.53. The summed E-state index contributed by atoms with van der Waals surface area (Å²) in [5, 5.41) is 8.76. The van der Waals surface area contributed by atoms with Gasteiger partial charge in [0, 0.05) is 124 Å². The third-order valence-corrected chi connectivity index (χ3v) is 19.0. The number of anilines is 1. The molecule has 3 aromatic heterocycles. The van der Waals surface area contributed by atoms with Crippen molar-refractivity contribution >= 4 is 45.7 Å². The van der Waals surface area contributed by atoms with Crippen molar-refractivity contribution in [3.63, 3.8) is 0 Å². The van der Waals surface area contributed by atoms with Gasteiger partial charge in [0.2, 0.25) is 5.91 Å². The minimum absolute atomic E-state index is 0.126. The highest BCUT2D eigenvalue weighted by atomic mass is 32.1. The first-order valence-corrected chi connectivity index (χ1v) is 28.9. The molecule has 2 aliphatic carbocycles. The topological polar surface area (TPSA) is 165 Å². The first kappa shape index (κ1) is 51.2. The van der Waals surface area contributed by atoms with E-state index in [1.54, 1.807) is 12.1 Å². The zero-order valence-corrected chi connectivity index (χ0v) is 45.6. The Bertz CT molecular complexity index is 2760. The molecule has 18 heteroatoms. The number of carbonyl (C=O) groups is 3.